The van der Waals surface area contributed by atoms with Crippen molar-refractivity contribution in [3.8, 4) is 0 Å². The number of nitrogens with two attached hydrogens (primary N) is 1. The fourth-order valence-corrected chi connectivity index (χ4v) is 4.10. The Morgan fingerprint density at radius 3 is 2.62 bits per heavy atom. The SMILES string of the molecule is COC(=O)c1cc(S(=O)(=O)NC2(CN)CCCC2)oc1C. The number of sulfonamides is 1. The molecular formula is C13H20N2O5S. The van der Waals surface area contributed by atoms with Gasteiger partial charge in [-0.2, -0.15) is 0 Å². The van der Waals surface area contributed by atoms with Crippen molar-refractivity contribution in [2.45, 2.75) is 43.2 Å². The summed E-state index contributed by atoms with van der Waals surface area (Å²) in [6.07, 6.45) is 3.27. The van der Waals surface area contributed by atoms with Crippen LogP contribution in [0.1, 0.15) is 41.8 Å². The zero-order chi connectivity index (χ0) is 15.7. The minimum atomic E-state index is -3.86. The Bertz CT molecular complexity index is 629. The topological polar surface area (TPSA) is 112 Å². The van der Waals surface area contributed by atoms with E-state index in [0.29, 0.717) is 12.8 Å². The van der Waals surface area contributed by atoms with Crippen LogP contribution in [0.4, 0.5) is 0 Å². The Balaban J connectivity index is 2.30. The van der Waals surface area contributed by atoms with Gasteiger partial charge in [-0.3, -0.25) is 0 Å². The Morgan fingerprint density at radius 1 is 1.48 bits per heavy atom. The zero-order valence-corrected chi connectivity index (χ0v) is 13.0. The first-order valence-corrected chi connectivity index (χ1v) is 8.25. The molecule has 1 aliphatic rings. The van der Waals surface area contributed by atoms with E-state index in [1.807, 2.05) is 0 Å². The fraction of sp³-hybridized carbons (Fsp3) is 0.615. The molecule has 1 saturated carbocycles. The summed E-state index contributed by atoms with van der Waals surface area (Å²) < 4.78 is 37.3. The second kappa shape index (κ2) is 5.78. The van der Waals surface area contributed by atoms with Crippen LogP contribution in [0.5, 0.6) is 0 Å². The molecule has 0 saturated heterocycles. The van der Waals surface area contributed by atoms with Gasteiger partial charge in [0.05, 0.1) is 7.11 Å². The Kier molecular flexibility index (Phi) is 4.40. The number of hydrogen-bond acceptors (Lipinski definition) is 6. The van der Waals surface area contributed by atoms with Crippen molar-refractivity contribution in [2.75, 3.05) is 13.7 Å². The number of esters is 1. The molecule has 1 aromatic rings. The van der Waals surface area contributed by atoms with Crippen LogP contribution in [0.25, 0.3) is 0 Å². The summed E-state index contributed by atoms with van der Waals surface area (Å²) in [4.78, 5) is 11.5. The molecule has 1 fully saturated rings. The van der Waals surface area contributed by atoms with Gasteiger partial charge >= 0.3 is 5.97 Å². The highest BCUT2D eigenvalue weighted by Gasteiger charge is 2.38. The van der Waals surface area contributed by atoms with Gasteiger partial charge in [0, 0.05) is 18.2 Å². The van der Waals surface area contributed by atoms with E-state index in [1.165, 1.54) is 20.1 Å². The van der Waals surface area contributed by atoms with E-state index < -0.39 is 21.5 Å². The summed E-state index contributed by atoms with van der Waals surface area (Å²) in [6, 6.07) is 1.18. The highest BCUT2D eigenvalue weighted by atomic mass is 32.2. The predicted molar refractivity (Wildman–Crippen MR) is 75.4 cm³/mol. The molecule has 0 radical (unpaired) electrons. The van der Waals surface area contributed by atoms with Gasteiger partial charge in [-0.25, -0.2) is 17.9 Å². The van der Waals surface area contributed by atoms with Crippen molar-refractivity contribution >= 4 is 16.0 Å². The number of methoxy groups -OCH3 is 1. The second-order valence-corrected chi connectivity index (χ2v) is 6.94. The molecule has 0 amide bonds. The maximum absolute atomic E-state index is 12.4. The van der Waals surface area contributed by atoms with Crippen LogP contribution in [0.3, 0.4) is 0 Å². The summed E-state index contributed by atoms with van der Waals surface area (Å²) in [7, 11) is -2.64. The van der Waals surface area contributed by atoms with Gasteiger partial charge in [-0.15, -0.1) is 0 Å². The minimum absolute atomic E-state index is 0.103. The maximum atomic E-state index is 12.4. The van der Waals surface area contributed by atoms with Gasteiger partial charge in [-0.05, 0) is 19.8 Å². The van der Waals surface area contributed by atoms with E-state index in [0.717, 1.165) is 12.8 Å². The van der Waals surface area contributed by atoms with Crippen molar-refractivity contribution in [2.24, 2.45) is 5.73 Å². The molecule has 0 spiro atoms. The molecule has 7 nitrogen and oxygen atoms in total. The number of carbonyl (C=O) groups is 1. The van der Waals surface area contributed by atoms with Gasteiger partial charge in [-0.1, -0.05) is 12.8 Å². The highest BCUT2D eigenvalue weighted by molar-refractivity contribution is 7.89. The lowest BCUT2D eigenvalue weighted by molar-refractivity contribution is 0.0598. The van der Waals surface area contributed by atoms with Crippen molar-refractivity contribution in [1.29, 1.82) is 0 Å². The number of aryl methyl sites for hydroxylation is 1. The average Bonchev–Trinajstić information content (AvgIpc) is 3.05. The van der Waals surface area contributed by atoms with E-state index in [4.69, 9.17) is 10.2 Å². The van der Waals surface area contributed by atoms with Gasteiger partial charge in [0.25, 0.3) is 10.0 Å². The number of ether oxygens (including phenoxy) is 1. The molecule has 0 bridgehead atoms. The Hall–Kier alpha value is -1.38. The Labute approximate surface area is 123 Å². The quantitative estimate of drug-likeness (QED) is 0.781. The van der Waals surface area contributed by atoms with Crippen LogP contribution in [0, 0.1) is 6.92 Å². The highest BCUT2D eigenvalue weighted by Crippen LogP contribution is 2.31. The first kappa shape index (κ1) is 16.0. The number of rotatable bonds is 5. The van der Waals surface area contributed by atoms with E-state index >= 15 is 0 Å². The molecular weight excluding hydrogens is 296 g/mol. The van der Waals surface area contributed by atoms with Crippen LogP contribution in [0.2, 0.25) is 0 Å². The summed E-state index contributed by atoms with van der Waals surface area (Å²) in [5, 5.41) is -0.292. The monoisotopic (exact) mass is 316 g/mol. The predicted octanol–water partition coefficient (Wildman–Crippen LogP) is 0.924. The lowest BCUT2D eigenvalue weighted by Gasteiger charge is -2.27. The fourth-order valence-electron chi connectivity index (χ4n) is 2.63. The largest absolute Gasteiger partial charge is 0.465 e. The van der Waals surface area contributed by atoms with Crippen molar-refractivity contribution in [3.05, 3.63) is 17.4 Å². The molecule has 0 aromatic carbocycles. The maximum Gasteiger partial charge on any atom is 0.341 e. The number of furan rings is 1. The van der Waals surface area contributed by atoms with Crippen LogP contribution in [-0.4, -0.2) is 33.6 Å². The molecule has 0 unspecified atom stereocenters. The molecule has 1 heterocycles. The third-order valence-electron chi connectivity index (χ3n) is 3.87. The van der Waals surface area contributed by atoms with Gasteiger partial charge < -0.3 is 14.9 Å². The average molecular weight is 316 g/mol. The van der Waals surface area contributed by atoms with E-state index in [9.17, 15) is 13.2 Å². The third kappa shape index (κ3) is 3.12. The number of nitrogens with one attached hydrogen (secondary N) is 1. The lowest BCUT2D eigenvalue weighted by atomic mass is 10.0. The summed E-state index contributed by atoms with van der Waals surface area (Å²) >= 11 is 0. The van der Waals surface area contributed by atoms with Crippen molar-refractivity contribution < 1.29 is 22.4 Å². The summed E-state index contributed by atoms with van der Waals surface area (Å²) in [6.45, 7) is 1.75. The third-order valence-corrected chi connectivity index (χ3v) is 5.30. The van der Waals surface area contributed by atoms with Crippen LogP contribution in [-0.2, 0) is 14.8 Å². The zero-order valence-electron chi connectivity index (χ0n) is 12.1. The van der Waals surface area contributed by atoms with Crippen molar-refractivity contribution in [1.82, 2.24) is 4.72 Å². The number of carbonyl (C=O) groups excluding carboxylic acids is 1. The summed E-state index contributed by atoms with van der Waals surface area (Å²) in [5.41, 5.74) is 5.21. The molecule has 1 aliphatic carbocycles. The smallest absolute Gasteiger partial charge is 0.341 e. The Morgan fingerprint density at radius 2 is 2.10 bits per heavy atom. The van der Waals surface area contributed by atoms with E-state index in [-0.39, 0.29) is 23.0 Å². The van der Waals surface area contributed by atoms with Crippen LogP contribution < -0.4 is 10.5 Å². The van der Waals surface area contributed by atoms with Crippen molar-refractivity contribution in [3.63, 3.8) is 0 Å². The standard InChI is InChI=1S/C13H20N2O5S/c1-9-10(12(16)19-2)7-11(20-9)21(17,18)15-13(8-14)5-3-4-6-13/h7,15H,3-6,8,14H2,1-2H3. The molecule has 8 heteroatoms. The van der Waals surface area contributed by atoms with Crippen LogP contribution in [0.15, 0.2) is 15.6 Å². The van der Waals surface area contributed by atoms with E-state index in [1.54, 1.807) is 0 Å². The van der Waals surface area contributed by atoms with Crippen LogP contribution >= 0.6 is 0 Å². The molecule has 0 atom stereocenters. The molecule has 2 rings (SSSR count). The molecule has 118 valence electrons. The molecule has 1 aromatic heterocycles. The molecule has 0 aliphatic heterocycles. The summed E-state index contributed by atoms with van der Waals surface area (Å²) in [5.74, 6) is -0.428. The van der Waals surface area contributed by atoms with Gasteiger partial charge in [0.15, 0.2) is 0 Å². The molecule has 21 heavy (non-hydrogen) atoms. The van der Waals surface area contributed by atoms with E-state index in [2.05, 4.69) is 9.46 Å². The normalized spacial score (nSPS) is 17.9. The first-order chi connectivity index (χ1) is 9.83. The molecule has 3 N–H and O–H groups in total. The first-order valence-electron chi connectivity index (χ1n) is 6.76. The van der Waals surface area contributed by atoms with Gasteiger partial charge in [0.2, 0.25) is 5.09 Å². The lowest BCUT2D eigenvalue weighted by Crippen LogP contribution is -2.51. The minimum Gasteiger partial charge on any atom is -0.465 e. The second-order valence-electron chi connectivity index (χ2n) is 5.32. The van der Waals surface area contributed by atoms with Gasteiger partial charge in [0.1, 0.15) is 11.3 Å². The number of hydrogen-bond donors (Lipinski definition) is 2.